The summed E-state index contributed by atoms with van der Waals surface area (Å²) in [7, 11) is -3.43. The highest BCUT2D eigenvalue weighted by molar-refractivity contribution is 7.92. The minimum Gasteiger partial charge on any atom is -0.392 e. The molecule has 0 aliphatic carbocycles. The minimum absolute atomic E-state index is 0.0408. The third kappa shape index (κ3) is 4.52. The molecule has 0 spiro atoms. The largest absolute Gasteiger partial charge is 0.392 e. The average Bonchev–Trinajstić information content (AvgIpc) is 2.60. The fraction of sp³-hybridized carbons (Fsp3) is 0.500. The van der Waals surface area contributed by atoms with E-state index < -0.39 is 10.0 Å². The van der Waals surface area contributed by atoms with Crippen LogP contribution in [0.2, 0.25) is 0 Å². The van der Waals surface area contributed by atoms with Crippen LogP contribution < -0.4 is 10.5 Å². The molecule has 16 heavy (non-hydrogen) atoms. The fourth-order valence-corrected chi connectivity index (χ4v) is 3.20. The highest BCUT2D eigenvalue weighted by Gasteiger charge is 2.12. The van der Waals surface area contributed by atoms with Gasteiger partial charge in [-0.25, -0.2) is 18.1 Å². The summed E-state index contributed by atoms with van der Waals surface area (Å²) >= 11 is 6.03. The van der Waals surface area contributed by atoms with Gasteiger partial charge in [0.1, 0.15) is 10.8 Å². The molecule has 5 nitrogen and oxygen atoms in total. The third-order valence-corrected chi connectivity index (χ3v) is 4.47. The van der Waals surface area contributed by atoms with Crippen LogP contribution in [0, 0.1) is 0 Å². The summed E-state index contributed by atoms with van der Waals surface area (Å²) in [5.74, 6) is -0.325. The Kier molecular flexibility index (Phi) is 4.78. The molecule has 1 heterocycles. The molecule has 1 aromatic rings. The van der Waals surface area contributed by atoms with Crippen molar-refractivity contribution in [1.29, 1.82) is 0 Å². The lowest BCUT2D eigenvalue weighted by molar-refractivity contribution is 0.585. The van der Waals surface area contributed by atoms with Crippen LogP contribution in [-0.4, -0.2) is 24.1 Å². The number of nitrogens with zero attached hydrogens (tertiary/aromatic N) is 1. The Bertz CT molecular complexity index is 467. The number of thiocarbonyl (C=S) groups is 1. The molecule has 0 bridgehead atoms. The number of hydrogen-bond donors (Lipinski definition) is 2. The topological polar surface area (TPSA) is 85.1 Å². The number of sulfonamides is 1. The molecule has 1 aromatic heterocycles. The molecule has 0 unspecified atom stereocenters. The van der Waals surface area contributed by atoms with Crippen LogP contribution in [0.1, 0.15) is 16.8 Å². The molecule has 8 heteroatoms. The Balaban J connectivity index is 2.54. The lowest BCUT2D eigenvalue weighted by atomic mass is 10.4. The normalized spacial score (nSPS) is 11.6. The predicted octanol–water partition coefficient (Wildman–Crippen LogP) is 0.411. The molecule has 0 aliphatic rings. The zero-order chi connectivity index (χ0) is 12.2. The molecule has 1 rings (SSSR count). The number of thiazole rings is 1. The molecule has 0 saturated carbocycles. The standard InChI is InChI=1S/C8H13N3O2S3/c1-2-6-3-10-8(15-6)4-11-16(12,13)5-7(9)14/h3,11H,2,4-5H2,1H3,(H2,9,14). The van der Waals surface area contributed by atoms with Gasteiger partial charge in [-0.3, -0.25) is 0 Å². The number of rotatable bonds is 6. The van der Waals surface area contributed by atoms with Gasteiger partial charge in [-0.1, -0.05) is 19.1 Å². The second kappa shape index (κ2) is 5.67. The van der Waals surface area contributed by atoms with E-state index in [4.69, 9.17) is 5.73 Å². The van der Waals surface area contributed by atoms with E-state index in [0.717, 1.165) is 16.3 Å². The molecular weight excluding hydrogens is 266 g/mol. The van der Waals surface area contributed by atoms with E-state index >= 15 is 0 Å². The van der Waals surface area contributed by atoms with Gasteiger partial charge in [0.15, 0.2) is 0 Å². The van der Waals surface area contributed by atoms with Crippen molar-refractivity contribution in [2.45, 2.75) is 19.9 Å². The Labute approximate surface area is 104 Å². The monoisotopic (exact) mass is 279 g/mol. The van der Waals surface area contributed by atoms with E-state index in [1.165, 1.54) is 11.3 Å². The van der Waals surface area contributed by atoms with E-state index in [2.05, 4.69) is 21.9 Å². The summed E-state index contributed by atoms with van der Waals surface area (Å²) in [5.41, 5.74) is 5.17. The van der Waals surface area contributed by atoms with Gasteiger partial charge >= 0.3 is 0 Å². The minimum atomic E-state index is -3.43. The van der Waals surface area contributed by atoms with Gasteiger partial charge < -0.3 is 5.73 Å². The molecular formula is C8H13N3O2S3. The lowest BCUT2D eigenvalue weighted by Gasteiger charge is -2.03. The number of hydrogen-bond acceptors (Lipinski definition) is 5. The zero-order valence-electron chi connectivity index (χ0n) is 8.76. The van der Waals surface area contributed by atoms with Crippen molar-refractivity contribution >= 4 is 38.6 Å². The molecule has 0 aromatic carbocycles. The van der Waals surface area contributed by atoms with Gasteiger partial charge in [0, 0.05) is 11.1 Å². The maximum absolute atomic E-state index is 11.4. The number of nitrogens with one attached hydrogen (secondary N) is 1. The Morgan fingerprint density at radius 2 is 2.38 bits per heavy atom. The van der Waals surface area contributed by atoms with Gasteiger partial charge in [-0.05, 0) is 6.42 Å². The van der Waals surface area contributed by atoms with E-state index in [1.54, 1.807) is 6.20 Å². The van der Waals surface area contributed by atoms with Crippen molar-refractivity contribution in [3.8, 4) is 0 Å². The maximum Gasteiger partial charge on any atom is 0.218 e. The first-order valence-corrected chi connectivity index (χ1v) is 7.50. The molecule has 0 atom stereocenters. The van der Waals surface area contributed by atoms with Crippen LogP contribution in [-0.2, 0) is 23.0 Å². The van der Waals surface area contributed by atoms with Crippen molar-refractivity contribution in [1.82, 2.24) is 9.71 Å². The van der Waals surface area contributed by atoms with Gasteiger partial charge in [0.25, 0.3) is 0 Å². The van der Waals surface area contributed by atoms with Crippen molar-refractivity contribution in [3.05, 3.63) is 16.1 Å². The summed E-state index contributed by atoms with van der Waals surface area (Å²) in [6.07, 6.45) is 2.65. The van der Waals surface area contributed by atoms with Gasteiger partial charge in [0.05, 0.1) is 11.5 Å². The molecule has 0 aliphatic heterocycles. The SMILES string of the molecule is CCc1cnc(CNS(=O)(=O)CC(N)=S)s1. The number of aryl methyl sites for hydroxylation is 1. The van der Waals surface area contributed by atoms with Crippen LogP contribution in [0.3, 0.4) is 0 Å². The highest BCUT2D eigenvalue weighted by Crippen LogP contribution is 2.13. The Hall–Kier alpha value is -0.570. The van der Waals surface area contributed by atoms with Crippen molar-refractivity contribution in [2.75, 3.05) is 5.75 Å². The molecule has 90 valence electrons. The van der Waals surface area contributed by atoms with Crippen LogP contribution in [0.4, 0.5) is 0 Å². The molecule has 0 fully saturated rings. The van der Waals surface area contributed by atoms with Crippen LogP contribution in [0.25, 0.3) is 0 Å². The van der Waals surface area contributed by atoms with E-state index in [9.17, 15) is 8.42 Å². The second-order valence-electron chi connectivity index (χ2n) is 3.12. The third-order valence-electron chi connectivity index (χ3n) is 1.73. The fourth-order valence-electron chi connectivity index (χ4n) is 1.00. The molecule has 3 N–H and O–H groups in total. The molecule has 0 saturated heterocycles. The quantitative estimate of drug-likeness (QED) is 0.737. The van der Waals surface area contributed by atoms with Crippen molar-refractivity contribution in [3.63, 3.8) is 0 Å². The molecule has 0 amide bonds. The van der Waals surface area contributed by atoms with Crippen LogP contribution in [0.15, 0.2) is 6.20 Å². The Morgan fingerprint density at radius 3 is 2.88 bits per heavy atom. The summed E-state index contributed by atoms with van der Waals surface area (Å²) in [4.78, 5) is 5.18. The number of nitrogens with two attached hydrogens (primary N) is 1. The second-order valence-corrected chi connectivity index (χ2v) is 6.65. The Morgan fingerprint density at radius 1 is 1.69 bits per heavy atom. The smallest absolute Gasteiger partial charge is 0.218 e. The van der Waals surface area contributed by atoms with E-state index in [0.29, 0.717) is 0 Å². The van der Waals surface area contributed by atoms with Gasteiger partial charge in [0.2, 0.25) is 10.0 Å². The first-order chi connectivity index (χ1) is 7.43. The zero-order valence-corrected chi connectivity index (χ0v) is 11.2. The maximum atomic E-state index is 11.4. The molecule has 0 radical (unpaired) electrons. The highest BCUT2D eigenvalue weighted by atomic mass is 32.2. The summed E-state index contributed by atoms with van der Waals surface area (Å²) in [5, 5.41) is 0.739. The van der Waals surface area contributed by atoms with E-state index in [-0.39, 0.29) is 17.3 Å². The summed E-state index contributed by atoms with van der Waals surface area (Å²) in [6.45, 7) is 2.21. The van der Waals surface area contributed by atoms with Gasteiger partial charge in [-0.2, -0.15) is 0 Å². The summed E-state index contributed by atoms with van der Waals surface area (Å²) < 4.78 is 25.2. The van der Waals surface area contributed by atoms with Crippen LogP contribution in [0.5, 0.6) is 0 Å². The van der Waals surface area contributed by atoms with Crippen molar-refractivity contribution < 1.29 is 8.42 Å². The average molecular weight is 279 g/mol. The predicted molar refractivity (Wildman–Crippen MR) is 68.9 cm³/mol. The summed E-state index contributed by atoms with van der Waals surface area (Å²) in [6, 6.07) is 0. The number of aromatic nitrogens is 1. The first kappa shape index (κ1) is 13.5. The van der Waals surface area contributed by atoms with Crippen molar-refractivity contribution in [2.24, 2.45) is 5.73 Å². The van der Waals surface area contributed by atoms with E-state index in [1.807, 2.05) is 6.92 Å². The lowest BCUT2D eigenvalue weighted by Crippen LogP contribution is -2.31. The first-order valence-electron chi connectivity index (χ1n) is 4.62. The van der Waals surface area contributed by atoms with Gasteiger partial charge in [-0.15, -0.1) is 11.3 Å². The van der Waals surface area contributed by atoms with Crippen LogP contribution >= 0.6 is 23.6 Å².